The van der Waals surface area contributed by atoms with Gasteiger partial charge in [-0.05, 0) is 44.0 Å². The SMILES string of the molecule is CC(=O)COC(c1cccc(Cl)c1)[C@@H]1CCCNC1. The predicted molar refractivity (Wildman–Crippen MR) is 76.4 cm³/mol. The molecule has 1 unspecified atom stereocenters. The van der Waals surface area contributed by atoms with Crippen LogP contribution in [0.1, 0.15) is 31.4 Å². The second kappa shape index (κ2) is 7.04. The van der Waals surface area contributed by atoms with Crippen molar-refractivity contribution >= 4 is 17.4 Å². The van der Waals surface area contributed by atoms with Crippen molar-refractivity contribution in [2.24, 2.45) is 5.92 Å². The maximum Gasteiger partial charge on any atom is 0.155 e. The predicted octanol–water partition coefficient (Wildman–Crippen LogP) is 2.99. The highest BCUT2D eigenvalue weighted by atomic mass is 35.5. The minimum atomic E-state index is -0.0598. The molecule has 0 bridgehead atoms. The number of Topliss-reactive ketones (excluding diaryl/α,β-unsaturated/α-hetero) is 1. The van der Waals surface area contributed by atoms with Crippen molar-refractivity contribution in [3.8, 4) is 0 Å². The van der Waals surface area contributed by atoms with Gasteiger partial charge in [0.2, 0.25) is 0 Å². The molecule has 2 rings (SSSR count). The van der Waals surface area contributed by atoms with Gasteiger partial charge in [-0.25, -0.2) is 0 Å². The standard InChI is InChI=1S/C15H20ClNO2/c1-11(18)10-19-15(13-5-3-7-17-9-13)12-4-2-6-14(16)8-12/h2,4,6,8,13,15,17H,3,5,7,9-10H2,1H3/t13-,15?/m1/s1. The Morgan fingerprint density at radius 1 is 1.58 bits per heavy atom. The monoisotopic (exact) mass is 281 g/mol. The Kier molecular flexibility index (Phi) is 5.37. The van der Waals surface area contributed by atoms with Gasteiger partial charge in [0.1, 0.15) is 6.61 Å². The number of carbonyl (C=O) groups is 1. The molecular formula is C15H20ClNO2. The first kappa shape index (κ1) is 14.5. The molecule has 1 aromatic carbocycles. The number of rotatable bonds is 5. The lowest BCUT2D eigenvalue weighted by atomic mass is 9.89. The number of nitrogens with one attached hydrogen (secondary N) is 1. The van der Waals surface area contributed by atoms with Crippen LogP contribution < -0.4 is 5.32 Å². The molecule has 0 amide bonds. The Balaban J connectivity index is 2.14. The van der Waals surface area contributed by atoms with E-state index in [0.717, 1.165) is 31.5 Å². The first-order valence-electron chi connectivity index (χ1n) is 6.74. The zero-order valence-electron chi connectivity index (χ0n) is 11.2. The fourth-order valence-electron chi connectivity index (χ4n) is 2.53. The number of ketones is 1. The number of hydrogen-bond acceptors (Lipinski definition) is 3. The lowest BCUT2D eigenvalue weighted by Gasteiger charge is -2.31. The van der Waals surface area contributed by atoms with Crippen LogP contribution in [0.5, 0.6) is 0 Å². The van der Waals surface area contributed by atoms with E-state index >= 15 is 0 Å². The van der Waals surface area contributed by atoms with Crippen LogP contribution in [0.3, 0.4) is 0 Å². The van der Waals surface area contributed by atoms with Crippen molar-refractivity contribution < 1.29 is 9.53 Å². The minimum Gasteiger partial charge on any atom is -0.365 e. The fraction of sp³-hybridized carbons (Fsp3) is 0.533. The van der Waals surface area contributed by atoms with Crippen LogP contribution in [0, 0.1) is 5.92 Å². The third kappa shape index (κ3) is 4.30. The lowest BCUT2D eigenvalue weighted by molar-refractivity contribution is -0.125. The molecule has 1 saturated heterocycles. The minimum absolute atomic E-state index is 0.0517. The zero-order chi connectivity index (χ0) is 13.7. The second-order valence-corrected chi connectivity index (χ2v) is 5.53. The summed E-state index contributed by atoms with van der Waals surface area (Å²) in [7, 11) is 0. The summed E-state index contributed by atoms with van der Waals surface area (Å²) in [4.78, 5) is 11.2. The van der Waals surface area contributed by atoms with E-state index in [2.05, 4.69) is 5.32 Å². The molecule has 1 fully saturated rings. The Bertz CT molecular complexity index is 430. The Morgan fingerprint density at radius 3 is 3.05 bits per heavy atom. The van der Waals surface area contributed by atoms with E-state index in [1.165, 1.54) is 0 Å². The molecule has 0 saturated carbocycles. The molecule has 104 valence electrons. The van der Waals surface area contributed by atoms with Gasteiger partial charge in [0.05, 0.1) is 6.10 Å². The van der Waals surface area contributed by atoms with E-state index in [1.807, 2.05) is 24.3 Å². The Labute approximate surface area is 119 Å². The van der Waals surface area contributed by atoms with E-state index in [0.29, 0.717) is 10.9 Å². The van der Waals surface area contributed by atoms with E-state index in [1.54, 1.807) is 6.92 Å². The summed E-state index contributed by atoms with van der Waals surface area (Å²) in [6.07, 6.45) is 2.20. The summed E-state index contributed by atoms with van der Waals surface area (Å²) >= 11 is 6.05. The highest BCUT2D eigenvalue weighted by Gasteiger charge is 2.26. The zero-order valence-corrected chi connectivity index (χ0v) is 12.0. The number of piperidine rings is 1. The molecule has 0 aliphatic carbocycles. The van der Waals surface area contributed by atoms with Crippen LogP contribution in [-0.4, -0.2) is 25.5 Å². The topological polar surface area (TPSA) is 38.3 Å². The van der Waals surface area contributed by atoms with Crippen LogP contribution >= 0.6 is 11.6 Å². The van der Waals surface area contributed by atoms with Gasteiger partial charge in [-0.2, -0.15) is 0 Å². The van der Waals surface area contributed by atoms with E-state index in [9.17, 15) is 4.79 Å². The third-order valence-corrected chi connectivity index (χ3v) is 3.64. The normalized spacial score (nSPS) is 21.1. The van der Waals surface area contributed by atoms with Crippen molar-refractivity contribution in [3.63, 3.8) is 0 Å². The number of halogens is 1. The first-order chi connectivity index (χ1) is 9.16. The van der Waals surface area contributed by atoms with Gasteiger partial charge in [0.15, 0.2) is 5.78 Å². The third-order valence-electron chi connectivity index (χ3n) is 3.41. The highest BCUT2D eigenvalue weighted by molar-refractivity contribution is 6.30. The molecule has 3 nitrogen and oxygen atoms in total. The van der Waals surface area contributed by atoms with E-state index in [-0.39, 0.29) is 18.5 Å². The first-order valence-corrected chi connectivity index (χ1v) is 7.12. The van der Waals surface area contributed by atoms with Crippen LogP contribution in [0.15, 0.2) is 24.3 Å². The van der Waals surface area contributed by atoms with Crippen molar-refractivity contribution in [2.75, 3.05) is 19.7 Å². The van der Waals surface area contributed by atoms with Crippen molar-refractivity contribution in [2.45, 2.75) is 25.9 Å². The number of carbonyl (C=O) groups excluding carboxylic acids is 1. The maximum atomic E-state index is 11.2. The summed E-state index contributed by atoms with van der Waals surface area (Å²) in [5, 5.41) is 4.10. The number of ether oxygens (including phenoxy) is 1. The fourth-order valence-corrected chi connectivity index (χ4v) is 2.73. The molecule has 0 radical (unpaired) electrons. The molecule has 19 heavy (non-hydrogen) atoms. The van der Waals surface area contributed by atoms with Gasteiger partial charge in [-0.3, -0.25) is 4.79 Å². The quantitative estimate of drug-likeness (QED) is 0.902. The molecule has 1 aliphatic rings. The summed E-state index contributed by atoms with van der Waals surface area (Å²) in [5.74, 6) is 0.447. The van der Waals surface area contributed by atoms with Crippen molar-refractivity contribution in [1.29, 1.82) is 0 Å². The smallest absolute Gasteiger partial charge is 0.155 e. The highest BCUT2D eigenvalue weighted by Crippen LogP contribution is 2.31. The summed E-state index contributed by atoms with van der Waals surface area (Å²) in [6.45, 7) is 3.70. The number of benzene rings is 1. The van der Waals surface area contributed by atoms with Gasteiger partial charge >= 0.3 is 0 Å². The van der Waals surface area contributed by atoms with Crippen LogP contribution in [-0.2, 0) is 9.53 Å². The van der Waals surface area contributed by atoms with Gasteiger partial charge in [-0.1, -0.05) is 23.7 Å². The molecule has 1 heterocycles. The van der Waals surface area contributed by atoms with Gasteiger partial charge in [0, 0.05) is 17.5 Å². The average Bonchev–Trinajstić information content (AvgIpc) is 2.40. The summed E-state index contributed by atoms with van der Waals surface area (Å²) < 4.78 is 5.84. The van der Waals surface area contributed by atoms with Crippen LogP contribution in [0.4, 0.5) is 0 Å². The second-order valence-electron chi connectivity index (χ2n) is 5.10. The molecule has 4 heteroatoms. The summed E-state index contributed by atoms with van der Waals surface area (Å²) in [6, 6.07) is 7.73. The van der Waals surface area contributed by atoms with Gasteiger partial charge in [-0.15, -0.1) is 0 Å². The summed E-state index contributed by atoms with van der Waals surface area (Å²) in [5.41, 5.74) is 1.06. The average molecular weight is 282 g/mol. The van der Waals surface area contributed by atoms with Gasteiger partial charge in [0.25, 0.3) is 0 Å². The Morgan fingerprint density at radius 2 is 2.42 bits per heavy atom. The van der Waals surface area contributed by atoms with Gasteiger partial charge < -0.3 is 10.1 Å². The lowest BCUT2D eigenvalue weighted by Crippen LogP contribution is -2.34. The van der Waals surface area contributed by atoms with Crippen LogP contribution in [0.2, 0.25) is 5.02 Å². The molecule has 1 N–H and O–H groups in total. The molecule has 2 atom stereocenters. The molecule has 1 aromatic rings. The maximum absolute atomic E-state index is 11.2. The molecule has 0 spiro atoms. The molecular weight excluding hydrogens is 262 g/mol. The van der Waals surface area contributed by atoms with E-state index in [4.69, 9.17) is 16.3 Å². The molecule has 1 aliphatic heterocycles. The Hall–Kier alpha value is -0.900. The molecule has 0 aromatic heterocycles. The number of hydrogen-bond donors (Lipinski definition) is 1. The van der Waals surface area contributed by atoms with Crippen LogP contribution in [0.25, 0.3) is 0 Å². The largest absolute Gasteiger partial charge is 0.365 e. The van der Waals surface area contributed by atoms with E-state index < -0.39 is 0 Å². The van der Waals surface area contributed by atoms with Crippen molar-refractivity contribution in [1.82, 2.24) is 5.32 Å². The van der Waals surface area contributed by atoms with Crippen molar-refractivity contribution in [3.05, 3.63) is 34.9 Å².